The van der Waals surface area contributed by atoms with Crippen LogP contribution in [0.3, 0.4) is 0 Å². The molecule has 0 aliphatic carbocycles. The van der Waals surface area contributed by atoms with Crippen molar-refractivity contribution in [3.8, 4) is 11.1 Å². The molecule has 0 fully saturated rings. The van der Waals surface area contributed by atoms with Crippen LogP contribution in [0.4, 0.5) is 5.69 Å². The lowest BCUT2D eigenvalue weighted by molar-refractivity contribution is 0.568. The molecule has 0 spiro atoms. The highest BCUT2D eigenvalue weighted by Gasteiger charge is 2.11. The zero-order valence-electron chi connectivity index (χ0n) is 9.29. The number of nitrogen functional groups attached to an aromatic ring is 1. The first-order valence-electron chi connectivity index (χ1n) is 5.00. The molecule has 0 aliphatic rings. The molecule has 2 nitrogen and oxygen atoms in total. The minimum absolute atomic E-state index is 0.872. The average molecular weight is 201 g/mol. The van der Waals surface area contributed by atoms with Gasteiger partial charge in [0.25, 0.3) is 0 Å². The van der Waals surface area contributed by atoms with Gasteiger partial charge in [-0.15, -0.1) is 0 Å². The van der Waals surface area contributed by atoms with E-state index < -0.39 is 0 Å². The number of rotatable bonds is 1. The van der Waals surface area contributed by atoms with E-state index in [4.69, 9.17) is 10.2 Å². The summed E-state index contributed by atoms with van der Waals surface area (Å²) in [6.07, 6.45) is 3.44. The van der Waals surface area contributed by atoms with Crippen LogP contribution in [0.15, 0.2) is 29.1 Å². The van der Waals surface area contributed by atoms with Crippen LogP contribution in [-0.2, 0) is 0 Å². The quantitative estimate of drug-likeness (QED) is 0.718. The first kappa shape index (κ1) is 9.84. The third-order valence-electron chi connectivity index (χ3n) is 2.84. The summed E-state index contributed by atoms with van der Waals surface area (Å²) in [6.45, 7) is 6.19. The zero-order chi connectivity index (χ0) is 11.0. The minimum atomic E-state index is 0.872. The number of furan rings is 1. The van der Waals surface area contributed by atoms with E-state index in [0.717, 1.165) is 22.4 Å². The Labute approximate surface area is 89.7 Å². The van der Waals surface area contributed by atoms with Gasteiger partial charge in [0.15, 0.2) is 0 Å². The van der Waals surface area contributed by atoms with Gasteiger partial charge in [-0.3, -0.25) is 0 Å². The van der Waals surface area contributed by atoms with E-state index in [0.29, 0.717) is 0 Å². The third-order valence-corrected chi connectivity index (χ3v) is 2.84. The van der Waals surface area contributed by atoms with Gasteiger partial charge < -0.3 is 10.2 Å². The van der Waals surface area contributed by atoms with Crippen LogP contribution in [0, 0.1) is 20.8 Å². The van der Waals surface area contributed by atoms with Crippen LogP contribution in [0.1, 0.15) is 16.7 Å². The molecular formula is C13H15NO. The molecule has 2 heteroatoms. The average Bonchev–Trinajstić information content (AvgIpc) is 2.68. The Morgan fingerprint density at radius 2 is 1.87 bits per heavy atom. The van der Waals surface area contributed by atoms with Gasteiger partial charge in [-0.25, -0.2) is 0 Å². The van der Waals surface area contributed by atoms with Gasteiger partial charge >= 0.3 is 0 Å². The third kappa shape index (κ3) is 1.52. The highest BCUT2D eigenvalue weighted by atomic mass is 16.3. The van der Waals surface area contributed by atoms with E-state index in [2.05, 4.69) is 19.9 Å². The topological polar surface area (TPSA) is 39.2 Å². The van der Waals surface area contributed by atoms with E-state index in [1.807, 2.05) is 13.0 Å². The van der Waals surface area contributed by atoms with E-state index in [9.17, 15) is 0 Å². The molecule has 0 amide bonds. The smallest absolute Gasteiger partial charge is 0.0981 e. The van der Waals surface area contributed by atoms with Crippen LogP contribution in [-0.4, -0.2) is 0 Å². The monoisotopic (exact) mass is 201 g/mol. The molecule has 78 valence electrons. The molecule has 1 aromatic heterocycles. The molecule has 0 atom stereocenters. The maximum atomic E-state index is 6.03. The second-order valence-electron chi connectivity index (χ2n) is 3.94. The molecule has 0 radical (unpaired) electrons. The highest BCUT2D eigenvalue weighted by Crippen LogP contribution is 2.32. The second kappa shape index (κ2) is 3.46. The molecule has 15 heavy (non-hydrogen) atoms. The van der Waals surface area contributed by atoms with Crippen LogP contribution in [0.5, 0.6) is 0 Å². The Morgan fingerprint density at radius 3 is 2.47 bits per heavy atom. The number of aryl methyl sites for hydroxylation is 2. The first-order chi connectivity index (χ1) is 7.11. The number of nitrogens with two attached hydrogens (primary N) is 1. The zero-order valence-corrected chi connectivity index (χ0v) is 9.29. The van der Waals surface area contributed by atoms with Crippen molar-refractivity contribution in [3.05, 3.63) is 41.3 Å². The van der Waals surface area contributed by atoms with Gasteiger partial charge in [-0.05, 0) is 49.1 Å². The van der Waals surface area contributed by atoms with Crippen LogP contribution < -0.4 is 5.73 Å². The van der Waals surface area contributed by atoms with Gasteiger partial charge in [0.2, 0.25) is 0 Å². The molecule has 0 saturated carbocycles. The fourth-order valence-electron chi connectivity index (χ4n) is 2.05. The SMILES string of the molecule is Cc1cc(C)c(-c2ccoc2)c(C)c1N. The molecule has 0 aliphatic heterocycles. The summed E-state index contributed by atoms with van der Waals surface area (Å²) in [5.41, 5.74) is 12.7. The Kier molecular flexibility index (Phi) is 2.27. The Bertz CT molecular complexity index is 484. The van der Waals surface area contributed by atoms with Gasteiger partial charge in [-0.1, -0.05) is 6.07 Å². The van der Waals surface area contributed by atoms with E-state index in [1.165, 1.54) is 11.1 Å². The standard InChI is InChI=1S/C13H15NO/c1-8-6-9(2)13(14)10(3)12(8)11-4-5-15-7-11/h4-7H,14H2,1-3H3. The number of hydrogen-bond donors (Lipinski definition) is 1. The number of benzene rings is 1. The minimum Gasteiger partial charge on any atom is -0.472 e. The fraction of sp³-hybridized carbons (Fsp3) is 0.231. The van der Waals surface area contributed by atoms with Crippen LogP contribution in [0.25, 0.3) is 11.1 Å². The fourth-order valence-corrected chi connectivity index (χ4v) is 2.05. The lowest BCUT2D eigenvalue weighted by Gasteiger charge is -2.13. The van der Waals surface area contributed by atoms with Crippen molar-refractivity contribution in [1.29, 1.82) is 0 Å². The summed E-state index contributed by atoms with van der Waals surface area (Å²) in [7, 11) is 0. The molecule has 0 saturated heterocycles. The molecule has 0 unspecified atom stereocenters. The van der Waals surface area contributed by atoms with Crippen LogP contribution in [0.2, 0.25) is 0 Å². The van der Waals surface area contributed by atoms with Gasteiger partial charge in [0, 0.05) is 11.3 Å². The Hall–Kier alpha value is -1.70. The van der Waals surface area contributed by atoms with Gasteiger partial charge in [-0.2, -0.15) is 0 Å². The molecule has 2 N–H and O–H groups in total. The maximum absolute atomic E-state index is 6.03. The highest BCUT2D eigenvalue weighted by molar-refractivity contribution is 5.76. The predicted molar refractivity (Wildman–Crippen MR) is 62.8 cm³/mol. The van der Waals surface area contributed by atoms with Crippen molar-refractivity contribution in [1.82, 2.24) is 0 Å². The summed E-state index contributed by atoms with van der Waals surface area (Å²) in [6, 6.07) is 4.08. The number of hydrogen-bond acceptors (Lipinski definition) is 2. The predicted octanol–water partition coefficient (Wildman–Crippen LogP) is 3.45. The summed E-state index contributed by atoms with van der Waals surface area (Å²) in [4.78, 5) is 0. The Morgan fingerprint density at radius 1 is 1.13 bits per heavy atom. The van der Waals surface area contributed by atoms with E-state index in [1.54, 1.807) is 12.5 Å². The summed E-state index contributed by atoms with van der Waals surface area (Å²) in [5, 5.41) is 0. The molecule has 2 rings (SSSR count). The van der Waals surface area contributed by atoms with Crippen molar-refractivity contribution >= 4 is 5.69 Å². The summed E-state index contributed by atoms with van der Waals surface area (Å²) >= 11 is 0. The lowest BCUT2D eigenvalue weighted by atomic mass is 9.94. The molecule has 0 bridgehead atoms. The summed E-state index contributed by atoms with van der Waals surface area (Å²) < 4.78 is 5.11. The Balaban J connectivity index is 2.72. The first-order valence-corrected chi connectivity index (χ1v) is 5.00. The normalized spacial score (nSPS) is 10.6. The van der Waals surface area contributed by atoms with Gasteiger partial charge in [0.05, 0.1) is 12.5 Å². The van der Waals surface area contributed by atoms with Crippen molar-refractivity contribution in [2.24, 2.45) is 0 Å². The van der Waals surface area contributed by atoms with Crippen molar-refractivity contribution in [2.45, 2.75) is 20.8 Å². The summed E-state index contributed by atoms with van der Waals surface area (Å²) in [5.74, 6) is 0. The lowest BCUT2D eigenvalue weighted by Crippen LogP contribution is -1.98. The van der Waals surface area contributed by atoms with Crippen molar-refractivity contribution < 1.29 is 4.42 Å². The largest absolute Gasteiger partial charge is 0.472 e. The molecule has 1 heterocycles. The van der Waals surface area contributed by atoms with E-state index in [-0.39, 0.29) is 0 Å². The van der Waals surface area contributed by atoms with Crippen molar-refractivity contribution in [3.63, 3.8) is 0 Å². The van der Waals surface area contributed by atoms with Crippen LogP contribution >= 0.6 is 0 Å². The molecular weight excluding hydrogens is 186 g/mol. The number of anilines is 1. The van der Waals surface area contributed by atoms with Crippen molar-refractivity contribution in [2.75, 3.05) is 5.73 Å². The maximum Gasteiger partial charge on any atom is 0.0981 e. The molecule has 1 aromatic carbocycles. The molecule has 2 aromatic rings. The van der Waals surface area contributed by atoms with Gasteiger partial charge in [0.1, 0.15) is 0 Å². The second-order valence-corrected chi connectivity index (χ2v) is 3.94. The van der Waals surface area contributed by atoms with E-state index >= 15 is 0 Å².